The van der Waals surface area contributed by atoms with Crippen LogP contribution in [-0.2, 0) is 0 Å². The van der Waals surface area contributed by atoms with Gasteiger partial charge in [0.05, 0.1) is 18.1 Å². The fourth-order valence-corrected chi connectivity index (χ4v) is 3.92. The molecule has 35 heavy (non-hydrogen) atoms. The normalized spacial score (nSPS) is 14.5. The maximum absolute atomic E-state index is 13.9. The second-order valence-corrected chi connectivity index (χ2v) is 8.15. The van der Waals surface area contributed by atoms with E-state index in [1.165, 1.54) is 18.2 Å². The number of carbonyl (C=O) groups is 1. The van der Waals surface area contributed by atoms with Gasteiger partial charge >= 0.3 is 5.97 Å². The van der Waals surface area contributed by atoms with Crippen molar-refractivity contribution in [3.05, 3.63) is 101 Å². The van der Waals surface area contributed by atoms with Gasteiger partial charge < -0.3 is 19.9 Å². The molecule has 178 valence electrons. The molecule has 3 aromatic rings. The smallest absolute Gasteiger partial charge is 0.343 e. The first-order valence-corrected chi connectivity index (χ1v) is 11.4. The van der Waals surface area contributed by atoms with Crippen molar-refractivity contribution in [2.75, 3.05) is 6.61 Å². The highest BCUT2D eigenvalue weighted by atomic mass is 19.1. The number of rotatable bonds is 8. The molecule has 0 fully saturated rings. The summed E-state index contributed by atoms with van der Waals surface area (Å²) >= 11 is 0. The molecule has 6 nitrogen and oxygen atoms in total. The van der Waals surface area contributed by atoms with Crippen molar-refractivity contribution in [3.63, 3.8) is 0 Å². The van der Waals surface area contributed by atoms with E-state index in [2.05, 4.69) is 13.0 Å². The first kappa shape index (κ1) is 23.8. The molecule has 0 saturated carbocycles. The summed E-state index contributed by atoms with van der Waals surface area (Å²) in [7, 11) is 0. The number of carbonyl (C=O) groups excluding carboxylic acids is 1. The van der Waals surface area contributed by atoms with Gasteiger partial charge in [0.1, 0.15) is 34.7 Å². The van der Waals surface area contributed by atoms with Gasteiger partial charge in [-0.25, -0.2) is 9.18 Å². The second-order valence-electron chi connectivity index (χ2n) is 8.15. The lowest BCUT2D eigenvalue weighted by Crippen LogP contribution is -2.21. The standard InChI is InChI=1S/C28H25FN2O4/c1-2-3-4-14-33-21-10-8-18(9-11-21)28(32)34-22-12-13-23-25(16-22)35-27(31)24(17-30)26(23)19-6-5-7-20(29)15-19/h5-13,15-16,26H,2-4,14,31H2,1H3. The Labute approximate surface area is 203 Å². The SMILES string of the molecule is CCCCCOc1ccc(C(=O)Oc2ccc3c(c2)OC(N)=C(C#N)C3c2cccc(F)c2)cc1. The highest BCUT2D eigenvalue weighted by Gasteiger charge is 2.31. The van der Waals surface area contributed by atoms with Crippen LogP contribution in [0.2, 0.25) is 0 Å². The molecule has 0 spiro atoms. The minimum atomic E-state index is -0.603. The average molecular weight is 473 g/mol. The van der Waals surface area contributed by atoms with Gasteiger partial charge in [-0.3, -0.25) is 0 Å². The third-order valence-corrected chi connectivity index (χ3v) is 5.69. The molecule has 2 N–H and O–H groups in total. The summed E-state index contributed by atoms with van der Waals surface area (Å²) in [6.45, 7) is 2.77. The minimum Gasteiger partial charge on any atom is -0.494 e. The van der Waals surface area contributed by atoms with Gasteiger partial charge in [-0.05, 0) is 54.4 Å². The highest BCUT2D eigenvalue weighted by molar-refractivity contribution is 5.91. The van der Waals surface area contributed by atoms with E-state index in [1.807, 2.05) is 0 Å². The molecule has 1 aliphatic rings. The predicted octanol–water partition coefficient (Wildman–Crippen LogP) is 5.83. The quantitative estimate of drug-likeness (QED) is 0.252. The first-order chi connectivity index (χ1) is 17.0. The average Bonchev–Trinajstić information content (AvgIpc) is 2.86. The van der Waals surface area contributed by atoms with Crippen molar-refractivity contribution in [1.82, 2.24) is 0 Å². The summed E-state index contributed by atoms with van der Waals surface area (Å²) in [4.78, 5) is 12.7. The zero-order valence-electron chi connectivity index (χ0n) is 19.3. The van der Waals surface area contributed by atoms with Gasteiger partial charge in [-0.1, -0.05) is 38.0 Å². The van der Waals surface area contributed by atoms with Crippen molar-refractivity contribution in [2.24, 2.45) is 5.73 Å². The number of esters is 1. The number of unbranched alkanes of at least 4 members (excludes halogenated alkanes) is 2. The van der Waals surface area contributed by atoms with Crippen LogP contribution in [0.5, 0.6) is 17.2 Å². The zero-order valence-corrected chi connectivity index (χ0v) is 19.3. The number of fused-ring (bicyclic) bond motifs is 1. The number of halogens is 1. The molecular weight excluding hydrogens is 447 g/mol. The van der Waals surface area contributed by atoms with E-state index in [9.17, 15) is 14.4 Å². The molecule has 0 amide bonds. The van der Waals surface area contributed by atoms with E-state index in [4.69, 9.17) is 19.9 Å². The van der Waals surface area contributed by atoms with E-state index in [0.29, 0.717) is 34.8 Å². The van der Waals surface area contributed by atoms with E-state index < -0.39 is 17.7 Å². The zero-order chi connectivity index (χ0) is 24.8. The molecule has 0 bridgehead atoms. The van der Waals surface area contributed by atoms with E-state index in [1.54, 1.807) is 48.5 Å². The van der Waals surface area contributed by atoms with Gasteiger partial charge in [0.25, 0.3) is 0 Å². The van der Waals surface area contributed by atoms with Crippen LogP contribution in [0.4, 0.5) is 4.39 Å². The lowest BCUT2D eigenvalue weighted by molar-refractivity contribution is 0.0734. The van der Waals surface area contributed by atoms with Gasteiger partial charge in [0.2, 0.25) is 5.88 Å². The Bertz CT molecular complexity index is 1300. The van der Waals surface area contributed by atoms with Crippen molar-refractivity contribution in [3.8, 4) is 23.3 Å². The van der Waals surface area contributed by atoms with Crippen LogP contribution in [0.15, 0.2) is 78.2 Å². The van der Waals surface area contributed by atoms with E-state index >= 15 is 0 Å². The number of ether oxygens (including phenoxy) is 3. The van der Waals surface area contributed by atoms with E-state index in [-0.39, 0.29) is 17.2 Å². The van der Waals surface area contributed by atoms with Crippen molar-refractivity contribution in [1.29, 1.82) is 5.26 Å². The molecular formula is C28H25FN2O4. The molecule has 1 unspecified atom stereocenters. The predicted molar refractivity (Wildman–Crippen MR) is 129 cm³/mol. The topological polar surface area (TPSA) is 94.6 Å². The van der Waals surface area contributed by atoms with Crippen LogP contribution in [0.3, 0.4) is 0 Å². The summed E-state index contributed by atoms with van der Waals surface area (Å²) in [6, 6.07) is 19.6. The van der Waals surface area contributed by atoms with Gasteiger partial charge in [0.15, 0.2) is 0 Å². The van der Waals surface area contributed by atoms with Crippen LogP contribution in [0, 0.1) is 17.1 Å². The third kappa shape index (κ3) is 5.44. The summed E-state index contributed by atoms with van der Waals surface area (Å²) in [5.74, 6) is -0.368. The Morgan fingerprint density at radius 2 is 1.86 bits per heavy atom. The monoisotopic (exact) mass is 472 g/mol. The van der Waals surface area contributed by atoms with Crippen molar-refractivity contribution < 1.29 is 23.4 Å². The molecule has 0 saturated heterocycles. The van der Waals surface area contributed by atoms with Crippen molar-refractivity contribution in [2.45, 2.75) is 32.1 Å². The number of nitriles is 1. The van der Waals surface area contributed by atoms with Gasteiger partial charge in [-0.2, -0.15) is 5.26 Å². The number of allylic oxidation sites excluding steroid dienone is 1. The van der Waals surface area contributed by atoms with Crippen LogP contribution < -0.4 is 19.9 Å². The molecule has 7 heteroatoms. The van der Waals surface area contributed by atoms with Gasteiger partial charge in [0, 0.05) is 11.6 Å². The lowest BCUT2D eigenvalue weighted by atomic mass is 9.83. The minimum absolute atomic E-state index is 0.0766. The summed E-state index contributed by atoms with van der Waals surface area (Å²) in [6.07, 6.45) is 3.21. The lowest BCUT2D eigenvalue weighted by Gasteiger charge is -2.26. The number of hydrogen-bond acceptors (Lipinski definition) is 6. The number of benzene rings is 3. The van der Waals surface area contributed by atoms with Crippen LogP contribution in [0.25, 0.3) is 0 Å². The van der Waals surface area contributed by atoms with Gasteiger partial charge in [-0.15, -0.1) is 0 Å². The Morgan fingerprint density at radius 1 is 1.09 bits per heavy atom. The number of hydrogen-bond donors (Lipinski definition) is 1. The largest absolute Gasteiger partial charge is 0.494 e. The van der Waals surface area contributed by atoms with Crippen LogP contribution in [-0.4, -0.2) is 12.6 Å². The second kappa shape index (κ2) is 10.7. The molecule has 3 aromatic carbocycles. The maximum atomic E-state index is 13.9. The Kier molecular flexibility index (Phi) is 7.32. The molecule has 1 aliphatic heterocycles. The first-order valence-electron chi connectivity index (χ1n) is 11.4. The maximum Gasteiger partial charge on any atom is 0.343 e. The Hall–Kier alpha value is -4.31. The number of nitrogens with zero attached hydrogens (tertiary/aromatic N) is 1. The highest BCUT2D eigenvalue weighted by Crippen LogP contribution is 2.43. The fourth-order valence-electron chi connectivity index (χ4n) is 3.92. The molecule has 0 radical (unpaired) electrons. The molecule has 4 rings (SSSR count). The third-order valence-electron chi connectivity index (χ3n) is 5.69. The molecule has 0 aliphatic carbocycles. The Morgan fingerprint density at radius 3 is 2.57 bits per heavy atom. The fraction of sp³-hybridized carbons (Fsp3) is 0.214. The van der Waals surface area contributed by atoms with Crippen molar-refractivity contribution >= 4 is 5.97 Å². The van der Waals surface area contributed by atoms with E-state index in [0.717, 1.165) is 19.3 Å². The molecule has 1 heterocycles. The summed E-state index contributed by atoms with van der Waals surface area (Å²) in [5, 5.41) is 9.64. The summed E-state index contributed by atoms with van der Waals surface area (Å²) < 4.78 is 30.7. The molecule has 0 aromatic heterocycles. The van der Waals surface area contributed by atoms with Crippen LogP contribution >= 0.6 is 0 Å². The van der Waals surface area contributed by atoms with Crippen LogP contribution in [0.1, 0.15) is 53.6 Å². The number of nitrogens with two attached hydrogens (primary N) is 1. The Balaban J connectivity index is 1.52. The molecule has 1 atom stereocenters. The summed E-state index contributed by atoms with van der Waals surface area (Å²) in [5.41, 5.74) is 7.74.